The minimum atomic E-state index is -1.23. The van der Waals surface area contributed by atoms with Crippen LogP contribution >= 0.6 is 27.0 Å². The van der Waals surface area contributed by atoms with Crippen LogP contribution < -0.4 is 5.32 Å². The van der Waals surface area contributed by atoms with Crippen LogP contribution in [0.3, 0.4) is 0 Å². The fourth-order valence-corrected chi connectivity index (χ4v) is 3.02. The summed E-state index contributed by atoms with van der Waals surface area (Å²) < 4.78 is 0. The van der Waals surface area contributed by atoms with Gasteiger partial charge in [0.1, 0.15) is 0 Å². The molecule has 5 nitrogen and oxygen atoms in total. The first-order chi connectivity index (χ1) is 14.3. The van der Waals surface area contributed by atoms with Crippen LogP contribution in [0.15, 0.2) is 78.9 Å². The van der Waals surface area contributed by atoms with Crippen molar-refractivity contribution in [3.05, 3.63) is 107 Å². The van der Waals surface area contributed by atoms with Crippen molar-refractivity contribution in [2.24, 2.45) is 0 Å². The van der Waals surface area contributed by atoms with Crippen LogP contribution in [0.2, 0.25) is 0 Å². The molecule has 3 rings (SSSR count). The average molecular weight is 474 g/mol. The Morgan fingerprint density at radius 1 is 0.656 bits per heavy atom. The summed E-state index contributed by atoms with van der Waals surface area (Å²) in [6.07, 6.45) is 0. The Kier molecular flexibility index (Phi) is 13.1. The Morgan fingerprint density at radius 2 is 1.03 bits per heavy atom. The summed E-state index contributed by atoms with van der Waals surface area (Å²) in [7, 11) is 0. The number of nitrogens with one attached hydrogen (secondary N) is 1. The number of aromatic carboxylic acids is 2. The average Bonchev–Trinajstić information content (AvgIpc) is 2.75. The van der Waals surface area contributed by atoms with Crippen molar-refractivity contribution < 1.29 is 19.8 Å². The lowest BCUT2D eigenvalue weighted by Gasteiger charge is -2.21. The van der Waals surface area contributed by atoms with Crippen LogP contribution in [0.25, 0.3) is 0 Å². The summed E-state index contributed by atoms with van der Waals surface area (Å²) in [5.41, 5.74) is 3.59. The van der Waals surface area contributed by atoms with Gasteiger partial charge in [-0.15, -0.1) is 0 Å². The van der Waals surface area contributed by atoms with Crippen LogP contribution in [-0.2, 0) is 0 Å². The highest BCUT2D eigenvalue weighted by Crippen LogP contribution is 2.19. The lowest BCUT2D eigenvalue weighted by atomic mass is 10.0. The quantitative estimate of drug-likeness (QED) is 0.426. The minimum Gasteiger partial charge on any atom is -0.478 e. The maximum Gasteiger partial charge on any atom is 0.336 e. The Bertz CT molecular complexity index is 946. The summed E-state index contributed by atoms with van der Waals surface area (Å²) >= 11 is 0. The molecular formula is C25H31NO4S2. The van der Waals surface area contributed by atoms with Gasteiger partial charge in [-0.1, -0.05) is 72.3 Å². The zero-order valence-electron chi connectivity index (χ0n) is 18.4. The third kappa shape index (κ3) is 8.78. The summed E-state index contributed by atoms with van der Waals surface area (Å²) in [5.74, 6) is -2.46. The summed E-state index contributed by atoms with van der Waals surface area (Å²) in [6, 6.07) is 25.5. The molecule has 7 heteroatoms. The number of rotatable bonds is 6. The number of hydrogen-bond acceptors (Lipinski definition) is 3. The molecule has 0 spiro atoms. The summed E-state index contributed by atoms with van der Waals surface area (Å²) in [5, 5.41) is 20.7. The molecule has 2 atom stereocenters. The molecule has 3 aromatic carbocycles. The zero-order chi connectivity index (χ0) is 22.1. The molecule has 3 N–H and O–H groups in total. The lowest BCUT2D eigenvalue weighted by Crippen LogP contribution is -2.22. The topological polar surface area (TPSA) is 86.6 Å². The van der Waals surface area contributed by atoms with Crippen molar-refractivity contribution in [1.29, 1.82) is 0 Å². The first-order valence-electron chi connectivity index (χ1n) is 9.72. The van der Waals surface area contributed by atoms with E-state index in [1.165, 1.54) is 41.0 Å². The second-order valence-corrected chi connectivity index (χ2v) is 7.09. The van der Waals surface area contributed by atoms with E-state index < -0.39 is 11.9 Å². The molecule has 172 valence electrons. The van der Waals surface area contributed by atoms with Gasteiger partial charge >= 0.3 is 11.9 Å². The predicted molar refractivity (Wildman–Crippen MR) is 139 cm³/mol. The molecule has 0 fully saturated rings. The molecule has 0 aliphatic rings. The molecule has 0 radical (unpaired) electrons. The fourth-order valence-electron chi connectivity index (χ4n) is 3.02. The van der Waals surface area contributed by atoms with E-state index in [1.54, 1.807) is 0 Å². The van der Waals surface area contributed by atoms with E-state index in [0.717, 1.165) is 0 Å². The number of carboxylic acid groups (broad SMARTS) is 2. The maximum atomic E-state index is 10.5. The minimum absolute atomic E-state index is 0. The van der Waals surface area contributed by atoms with Gasteiger partial charge in [-0.2, -0.15) is 27.0 Å². The van der Waals surface area contributed by atoms with E-state index in [9.17, 15) is 9.59 Å². The van der Waals surface area contributed by atoms with E-state index in [-0.39, 0.29) is 38.1 Å². The van der Waals surface area contributed by atoms with E-state index in [1.807, 2.05) is 0 Å². The highest BCUT2D eigenvalue weighted by Gasteiger charge is 2.13. The number of benzene rings is 3. The third-order valence-corrected chi connectivity index (χ3v) is 4.76. The van der Waals surface area contributed by atoms with Crippen LogP contribution in [0.4, 0.5) is 0 Å². The van der Waals surface area contributed by atoms with Crippen LogP contribution in [-0.4, -0.2) is 22.2 Å². The first kappa shape index (κ1) is 29.3. The van der Waals surface area contributed by atoms with Gasteiger partial charge < -0.3 is 15.5 Å². The molecular weight excluding hydrogens is 442 g/mol. The van der Waals surface area contributed by atoms with E-state index in [2.05, 4.69) is 80.7 Å². The molecule has 0 saturated heterocycles. The second-order valence-electron chi connectivity index (χ2n) is 7.09. The first-order valence-corrected chi connectivity index (χ1v) is 9.72. The van der Waals surface area contributed by atoms with Crippen LogP contribution in [0.1, 0.15) is 63.3 Å². The number of aryl methyl sites for hydroxylation is 1. The fraction of sp³-hybridized carbons (Fsp3) is 0.200. The molecule has 0 heterocycles. The van der Waals surface area contributed by atoms with Gasteiger partial charge in [0.15, 0.2) is 0 Å². The summed E-state index contributed by atoms with van der Waals surface area (Å²) in [6.45, 7) is 6.54. The van der Waals surface area contributed by atoms with Crippen LogP contribution in [0, 0.1) is 6.92 Å². The third-order valence-electron chi connectivity index (χ3n) is 4.76. The summed E-state index contributed by atoms with van der Waals surface area (Å²) in [4.78, 5) is 20.9. The SMILES string of the molecule is Cc1ccc([C@H](C)N[C@@H](C)c2ccccc2)cc1.O=C(O)c1ccccc1C(=O)O.S.S. The molecule has 0 aromatic heterocycles. The number of carbonyl (C=O) groups is 2. The Labute approximate surface area is 203 Å². The maximum absolute atomic E-state index is 10.5. The molecule has 0 saturated carbocycles. The monoisotopic (exact) mass is 473 g/mol. The molecule has 32 heavy (non-hydrogen) atoms. The van der Waals surface area contributed by atoms with Crippen molar-refractivity contribution in [1.82, 2.24) is 5.32 Å². The molecule has 0 unspecified atom stereocenters. The van der Waals surface area contributed by atoms with Crippen LogP contribution in [0.5, 0.6) is 0 Å². The Morgan fingerprint density at radius 3 is 1.44 bits per heavy atom. The molecule has 3 aromatic rings. The van der Waals surface area contributed by atoms with E-state index in [4.69, 9.17) is 10.2 Å². The van der Waals surface area contributed by atoms with E-state index in [0.29, 0.717) is 12.1 Å². The predicted octanol–water partition coefficient (Wildman–Crippen LogP) is 5.72. The van der Waals surface area contributed by atoms with Crippen molar-refractivity contribution >= 4 is 38.9 Å². The van der Waals surface area contributed by atoms with Gasteiger partial charge in [0, 0.05) is 12.1 Å². The normalized spacial score (nSPS) is 11.5. The van der Waals surface area contributed by atoms with E-state index >= 15 is 0 Å². The van der Waals surface area contributed by atoms with Gasteiger partial charge in [0.05, 0.1) is 11.1 Å². The lowest BCUT2D eigenvalue weighted by molar-refractivity contribution is 0.0651. The Balaban J connectivity index is 0.000000607. The Hall–Kier alpha value is -2.74. The smallest absolute Gasteiger partial charge is 0.336 e. The largest absolute Gasteiger partial charge is 0.478 e. The molecule has 0 bridgehead atoms. The highest BCUT2D eigenvalue weighted by atomic mass is 32.1. The van der Waals surface area contributed by atoms with Crippen molar-refractivity contribution in [2.45, 2.75) is 32.9 Å². The van der Waals surface area contributed by atoms with Crippen molar-refractivity contribution in [3.63, 3.8) is 0 Å². The molecule has 0 aliphatic heterocycles. The standard InChI is InChI=1S/C17H21N.C8H6O4.2H2S/c1-13-9-11-17(12-10-13)15(3)18-14(2)16-7-5-4-6-8-16;9-7(10)5-3-1-2-4-6(5)8(11)12;;/h4-12,14-15,18H,1-3H3;1-4H,(H,9,10)(H,11,12);2*1H2/t14-,15-;;;/m0.../s1. The zero-order valence-corrected chi connectivity index (χ0v) is 20.4. The van der Waals surface area contributed by atoms with Gasteiger partial charge in [0.2, 0.25) is 0 Å². The van der Waals surface area contributed by atoms with Gasteiger partial charge in [-0.05, 0) is 44.0 Å². The van der Waals surface area contributed by atoms with Crippen molar-refractivity contribution in [2.75, 3.05) is 0 Å². The highest BCUT2D eigenvalue weighted by molar-refractivity contribution is 7.59. The van der Waals surface area contributed by atoms with Gasteiger partial charge in [-0.3, -0.25) is 0 Å². The van der Waals surface area contributed by atoms with Gasteiger partial charge in [-0.25, -0.2) is 9.59 Å². The van der Waals surface area contributed by atoms with Gasteiger partial charge in [0.25, 0.3) is 0 Å². The molecule has 0 amide bonds. The van der Waals surface area contributed by atoms with Crippen molar-refractivity contribution in [3.8, 4) is 0 Å². The second kappa shape index (κ2) is 14.3. The number of carboxylic acids is 2. The number of hydrogen-bond donors (Lipinski definition) is 3. The molecule has 0 aliphatic carbocycles.